The number of nitrogens with two attached hydrogens (primary N) is 1. The molecular formula is C23H32N4O2. The van der Waals surface area contributed by atoms with Gasteiger partial charge in [-0.1, -0.05) is 31.5 Å². The minimum Gasteiger partial charge on any atom is -0.341 e. The van der Waals surface area contributed by atoms with Crippen LogP contribution >= 0.6 is 0 Å². The second kappa shape index (κ2) is 8.66. The summed E-state index contributed by atoms with van der Waals surface area (Å²) < 4.78 is 0. The first-order chi connectivity index (χ1) is 14.1. The molecule has 156 valence electrons. The number of aliphatic imine (C=N–C) groups is 1. The predicted molar refractivity (Wildman–Crippen MR) is 115 cm³/mol. The first kappa shape index (κ1) is 20.1. The van der Waals surface area contributed by atoms with Crippen LogP contribution in [-0.2, 0) is 9.59 Å². The molecule has 3 heterocycles. The summed E-state index contributed by atoms with van der Waals surface area (Å²) in [5.41, 5.74) is 8.68. The molecule has 29 heavy (non-hydrogen) atoms. The Morgan fingerprint density at radius 3 is 2.45 bits per heavy atom. The SMILES string of the molecule is CCCCC1=NC(N)C(=O)N(CC(=O)N2CC3CCC(CC3)C2)c2ccccc21. The van der Waals surface area contributed by atoms with Crippen LogP contribution in [0.2, 0.25) is 0 Å². The van der Waals surface area contributed by atoms with E-state index in [1.165, 1.54) is 25.7 Å². The molecular weight excluding hydrogens is 364 g/mol. The van der Waals surface area contributed by atoms with Crippen LogP contribution in [0.1, 0.15) is 57.4 Å². The van der Waals surface area contributed by atoms with Gasteiger partial charge in [0.25, 0.3) is 5.91 Å². The van der Waals surface area contributed by atoms with Crippen LogP contribution in [0.4, 0.5) is 5.69 Å². The molecule has 2 amide bonds. The summed E-state index contributed by atoms with van der Waals surface area (Å²) in [6, 6.07) is 7.75. The van der Waals surface area contributed by atoms with Crippen LogP contribution in [0, 0.1) is 11.8 Å². The Balaban J connectivity index is 1.59. The zero-order chi connectivity index (χ0) is 20.4. The fraction of sp³-hybridized carbons (Fsp3) is 0.609. The summed E-state index contributed by atoms with van der Waals surface area (Å²) in [5, 5.41) is 0. The van der Waals surface area contributed by atoms with Gasteiger partial charge in [-0.2, -0.15) is 0 Å². The van der Waals surface area contributed by atoms with Gasteiger partial charge in [0.2, 0.25) is 5.91 Å². The van der Waals surface area contributed by atoms with Crippen LogP contribution in [-0.4, -0.2) is 48.2 Å². The van der Waals surface area contributed by atoms with E-state index >= 15 is 0 Å². The van der Waals surface area contributed by atoms with Gasteiger partial charge in [-0.3, -0.25) is 19.5 Å². The molecule has 3 fully saturated rings. The number of benzene rings is 1. The van der Waals surface area contributed by atoms with Gasteiger partial charge >= 0.3 is 0 Å². The molecule has 0 aromatic heterocycles. The number of anilines is 1. The number of para-hydroxylation sites is 1. The van der Waals surface area contributed by atoms with Crippen molar-refractivity contribution in [3.63, 3.8) is 0 Å². The average Bonchev–Trinajstić information content (AvgIpc) is 3.11. The number of unbranched alkanes of at least 4 members (excludes halogenated alkanes) is 1. The Kier molecular flexibility index (Phi) is 5.99. The highest BCUT2D eigenvalue weighted by molar-refractivity contribution is 6.13. The van der Waals surface area contributed by atoms with E-state index in [0.29, 0.717) is 11.8 Å². The van der Waals surface area contributed by atoms with Crippen LogP contribution in [0.5, 0.6) is 0 Å². The fourth-order valence-electron chi connectivity index (χ4n) is 4.96. The van der Waals surface area contributed by atoms with Gasteiger partial charge in [0.15, 0.2) is 6.17 Å². The van der Waals surface area contributed by atoms with Crippen molar-refractivity contribution in [2.75, 3.05) is 24.5 Å². The van der Waals surface area contributed by atoms with Gasteiger partial charge in [0.1, 0.15) is 6.54 Å². The summed E-state index contributed by atoms with van der Waals surface area (Å²) in [5.74, 6) is 0.943. The lowest BCUT2D eigenvalue weighted by Crippen LogP contribution is -2.48. The lowest BCUT2D eigenvalue weighted by atomic mass is 9.84. The van der Waals surface area contributed by atoms with E-state index in [-0.39, 0.29) is 18.4 Å². The number of hydrogen-bond donors (Lipinski definition) is 1. The molecule has 1 aromatic carbocycles. The Hall–Kier alpha value is -2.21. The predicted octanol–water partition coefficient (Wildman–Crippen LogP) is 2.95. The van der Waals surface area contributed by atoms with Gasteiger partial charge in [0, 0.05) is 24.4 Å². The highest BCUT2D eigenvalue weighted by atomic mass is 16.2. The van der Waals surface area contributed by atoms with Crippen molar-refractivity contribution >= 4 is 23.2 Å². The summed E-state index contributed by atoms with van der Waals surface area (Å²) in [4.78, 5) is 34.4. The first-order valence-corrected chi connectivity index (χ1v) is 11.1. The number of rotatable bonds is 5. The van der Waals surface area contributed by atoms with Crippen LogP contribution in [0.3, 0.4) is 0 Å². The number of carbonyl (C=O) groups is 2. The molecule has 1 aromatic rings. The summed E-state index contributed by atoms with van der Waals surface area (Å²) in [6.45, 7) is 3.82. The quantitative estimate of drug-likeness (QED) is 0.831. The van der Waals surface area contributed by atoms with Gasteiger partial charge in [0.05, 0.1) is 5.69 Å². The fourth-order valence-corrected chi connectivity index (χ4v) is 4.96. The summed E-state index contributed by atoms with van der Waals surface area (Å²) in [6.07, 6.45) is 6.75. The van der Waals surface area contributed by atoms with Crippen molar-refractivity contribution in [3.05, 3.63) is 29.8 Å². The smallest absolute Gasteiger partial charge is 0.266 e. The Bertz CT molecular complexity index is 784. The topological polar surface area (TPSA) is 79.0 Å². The number of benzodiazepines with no additional fused rings is 1. The number of amides is 2. The number of nitrogens with zero attached hydrogens (tertiary/aromatic N) is 3. The molecule has 6 nitrogen and oxygen atoms in total. The standard InChI is InChI=1S/C23H32N4O2/c1-2-3-7-19-18-6-4-5-8-20(18)27(23(29)22(24)25-19)15-21(28)26-13-16-9-10-17(14-26)12-11-16/h4-6,8,16-17,22H,2-3,7,9-15,24H2,1H3. The monoisotopic (exact) mass is 396 g/mol. The van der Waals surface area contributed by atoms with E-state index in [1.807, 2.05) is 29.2 Å². The molecule has 1 unspecified atom stereocenters. The number of carbonyl (C=O) groups excluding carboxylic acids is 2. The zero-order valence-corrected chi connectivity index (χ0v) is 17.3. The average molecular weight is 397 g/mol. The minimum atomic E-state index is -0.956. The molecule has 6 heteroatoms. The Morgan fingerprint density at radius 2 is 1.79 bits per heavy atom. The zero-order valence-electron chi connectivity index (χ0n) is 17.3. The lowest BCUT2D eigenvalue weighted by Gasteiger charge is -2.28. The van der Waals surface area contributed by atoms with Gasteiger partial charge in [-0.25, -0.2) is 0 Å². The molecule has 2 bridgehead atoms. The molecule has 1 aliphatic carbocycles. The van der Waals surface area contributed by atoms with Crippen molar-refractivity contribution in [3.8, 4) is 0 Å². The third-order valence-corrected chi connectivity index (χ3v) is 6.66. The highest BCUT2D eigenvalue weighted by Gasteiger charge is 2.35. The molecule has 1 atom stereocenters. The minimum absolute atomic E-state index is 0.0242. The van der Waals surface area contributed by atoms with Crippen molar-refractivity contribution < 1.29 is 9.59 Å². The molecule has 0 spiro atoms. The van der Waals surface area contributed by atoms with E-state index in [2.05, 4.69) is 11.9 Å². The van der Waals surface area contributed by atoms with Crippen LogP contribution in [0.15, 0.2) is 29.3 Å². The van der Waals surface area contributed by atoms with E-state index in [9.17, 15) is 9.59 Å². The molecule has 1 saturated carbocycles. The normalized spacial score (nSPS) is 26.6. The molecule has 0 radical (unpaired) electrons. The highest BCUT2D eigenvalue weighted by Crippen LogP contribution is 2.34. The lowest BCUT2D eigenvalue weighted by molar-refractivity contribution is -0.132. The van der Waals surface area contributed by atoms with Crippen LogP contribution < -0.4 is 10.6 Å². The third kappa shape index (κ3) is 4.22. The number of hydrogen-bond acceptors (Lipinski definition) is 4. The van der Waals surface area contributed by atoms with Crippen LogP contribution in [0.25, 0.3) is 0 Å². The summed E-state index contributed by atoms with van der Waals surface area (Å²) in [7, 11) is 0. The van der Waals surface area contributed by atoms with Crippen molar-refractivity contribution in [2.24, 2.45) is 22.6 Å². The Morgan fingerprint density at radius 1 is 1.14 bits per heavy atom. The van der Waals surface area contributed by atoms with E-state index in [4.69, 9.17) is 5.73 Å². The molecule has 2 N–H and O–H groups in total. The molecule has 4 aliphatic rings. The third-order valence-electron chi connectivity index (χ3n) is 6.66. The van der Waals surface area contributed by atoms with E-state index < -0.39 is 6.17 Å². The van der Waals surface area contributed by atoms with E-state index in [1.54, 1.807) is 4.90 Å². The molecule has 5 rings (SSSR count). The largest absolute Gasteiger partial charge is 0.341 e. The van der Waals surface area contributed by atoms with Gasteiger partial charge < -0.3 is 10.6 Å². The second-order valence-corrected chi connectivity index (χ2v) is 8.75. The van der Waals surface area contributed by atoms with Crippen molar-refractivity contribution in [2.45, 2.75) is 58.0 Å². The number of fused-ring (bicyclic) bond motifs is 5. The van der Waals surface area contributed by atoms with Crippen molar-refractivity contribution in [1.29, 1.82) is 0 Å². The maximum Gasteiger partial charge on any atom is 0.266 e. The van der Waals surface area contributed by atoms with E-state index in [0.717, 1.165) is 49.3 Å². The first-order valence-electron chi connectivity index (χ1n) is 11.1. The maximum atomic E-state index is 13.2. The van der Waals surface area contributed by atoms with Crippen molar-refractivity contribution in [1.82, 2.24) is 4.90 Å². The van der Waals surface area contributed by atoms with Gasteiger partial charge in [-0.15, -0.1) is 0 Å². The molecule has 3 aliphatic heterocycles. The molecule has 2 saturated heterocycles. The van der Waals surface area contributed by atoms with Gasteiger partial charge in [-0.05, 0) is 56.4 Å². The summed E-state index contributed by atoms with van der Waals surface area (Å²) >= 11 is 0. The second-order valence-electron chi connectivity index (χ2n) is 8.75. The maximum absolute atomic E-state index is 13.2. The Labute approximate surface area is 173 Å².